The molecule has 0 atom stereocenters. The van der Waals surface area contributed by atoms with Crippen molar-refractivity contribution in [2.75, 3.05) is 6.61 Å². The molecule has 0 radical (unpaired) electrons. The van der Waals surface area contributed by atoms with E-state index in [1.807, 2.05) is 55.5 Å². The highest BCUT2D eigenvalue weighted by molar-refractivity contribution is 8.18. The second-order valence-electron chi connectivity index (χ2n) is 6.43. The summed E-state index contributed by atoms with van der Waals surface area (Å²) in [7, 11) is 0. The highest BCUT2D eigenvalue weighted by atomic mass is 32.2. The summed E-state index contributed by atoms with van der Waals surface area (Å²) in [4.78, 5) is 29.4. The van der Waals surface area contributed by atoms with E-state index in [2.05, 4.69) is 4.99 Å². The summed E-state index contributed by atoms with van der Waals surface area (Å²) < 4.78 is 5.04. The molecule has 1 aliphatic rings. The van der Waals surface area contributed by atoms with Crippen LogP contribution in [0.25, 0.3) is 6.08 Å². The number of amides is 1. The molecule has 1 heterocycles. The zero-order chi connectivity index (χ0) is 21.5. The van der Waals surface area contributed by atoms with E-state index in [1.165, 1.54) is 0 Å². The van der Waals surface area contributed by atoms with E-state index in [-0.39, 0.29) is 23.0 Å². The van der Waals surface area contributed by atoms with Crippen LogP contribution in [0.3, 0.4) is 0 Å². The molecule has 30 heavy (non-hydrogen) atoms. The quantitative estimate of drug-likeness (QED) is 0.670. The van der Waals surface area contributed by atoms with Gasteiger partial charge in [0.25, 0.3) is 5.91 Å². The molecule has 0 fully saturated rings. The SMILES string of the molecule is CCOC(=O)C1=C(O)/C(=C\C=C\c2ccccc2)SC1=NC(=O)c1ccc(C)cc1. The van der Waals surface area contributed by atoms with Gasteiger partial charge in [-0.25, -0.2) is 9.79 Å². The van der Waals surface area contributed by atoms with Gasteiger partial charge in [0.05, 0.1) is 11.5 Å². The van der Waals surface area contributed by atoms with Crippen LogP contribution >= 0.6 is 11.8 Å². The third kappa shape index (κ3) is 5.15. The van der Waals surface area contributed by atoms with Gasteiger partial charge >= 0.3 is 5.97 Å². The van der Waals surface area contributed by atoms with E-state index in [4.69, 9.17) is 4.74 Å². The van der Waals surface area contributed by atoms with Crippen LogP contribution in [-0.2, 0) is 9.53 Å². The van der Waals surface area contributed by atoms with Gasteiger partial charge in [-0.05, 0) is 37.6 Å². The summed E-state index contributed by atoms with van der Waals surface area (Å²) in [6.07, 6.45) is 5.31. The number of nitrogens with zero attached hydrogens (tertiary/aromatic N) is 1. The molecule has 152 valence electrons. The van der Waals surface area contributed by atoms with E-state index in [0.29, 0.717) is 10.5 Å². The van der Waals surface area contributed by atoms with Crippen LogP contribution in [0.2, 0.25) is 0 Å². The van der Waals surface area contributed by atoms with Crippen molar-refractivity contribution in [3.8, 4) is 0 Å². The van der Waals surface area contributed by atoms with Crippen molar-refractivity contribution in [2.45, 2.75) is 13.8 Å². The minimum Gasteiger partial charge on any atom is -0.506 e. The standard InChI is InChI=1S/C24H21NO4S/c1-3-29-24(28)20-21(26)19(11-7-10-17-8-5-4-6-9-17)30-23(20)25-22(27)18-14-12-16(2)13-15-18/h4-15,26H,3H2,1-2H3/b10-7+,19-11+,25-23?. The van der Waals surface area contributed by atoms with Crippen LogP contribution in [0.1, 0.15) is 28.4 Å². The summed E-state index contributed by atoms with van der Waals surface area (Å²) in [5, 5.41) is 10.7. The van der Waals surface area contributed by atoms with Crippen LogP contribution in [0.5, 0.6) is 0 Å². The summed E-state index contributed by atoms with van der Waals surface area (Å²) in [5.74, 6) is -1.45. The summed E-state index contributed by atoms with van der Waals surface area (Å²) >= 11 is 1.06. The van der Waals surface area contributed by atoms with Crippen LogP contribution in [0, 0.1) is 6.92 Å². The third-order valence-corrected chi connectivity index (χ3v) is 5.25. The monoisotopic (exact) mass is 419 g/mol. The van der Waals surface area contributed by atoms with Gasteiger partial charge in [0, 0.05) is 5.56 Å². The van der Waals surface area contributed by atoms with Crippen LogP contribution in [0.4, 0.5) is 0 Å². The van der Waals surface area contributed by atoms with Gasteiger partial charge in [0.1, 0.15) is 16.4 Å². The Bertz CT molecular complexity index is 1060. The Labute approximate surface area is 179 Å². The lowest BCUT2D eigenvalue weighted by molar-refractivity contribution is -0.138. The molecule has 2 aromatic carbocycles. The first-order valence-electron chi connectivity index (χ1n) is 9.41. The number of aryl methyl sites for hydroxylation is 1. The fraction of sp³-hybridized carbons (Fsp3) is 0.125. The molecule has 0 saturated heterocycles. The molecule has 0 aliphatic carbocycles. The average molecular weight is 420 g/mol. The highest BCUT2D eigenvalue weighted by Gasteiger charge is 2.33. The molecule has 1 aliphatic heterocycles. The van der Waals surface area contributed by atoms with Crippen molar-refractivity contribution in [2.24, 2.45) is 4.99 Å². The highest BCUT2D eigenvalue weighted by Crippen LogP contribution is 2.38. The number of esters is 1. The molecular formula is C24H21NO4S. The lowest BCUT2D eigenvalue weighted by atomic mass is 10.1. The normalized spacial score (nSPS) is 16.6. The smallest absolute Gasteiger partial charge is 0.344 e. The molecule has 1 amide bonds. The number of ether oxygens (including phenoxy) is 1. The van der Waals surface area contributed by atoms with Crippen molar-refractivity contribution >= 4 is 34.8 Å². The van der Waals surface area contributed by atoms with Gasteiger partial charge in [-0.3, -0.25) is 4.79 Å². The van der Waals surface area contributed by atoms with E-state index in [0.717, 1.165) is 22.9 Å². The molecule has 0 bridgehead atoms. The Balaban J connectivity index is 1.91. The van der Waals surface area contributed by atoms with Crippen molar-refractivity contribution in [1.29, 1.82) is 0 Å². The number of thioether (sulfide) groups is 1. The average Bonchev–Trinajstić information content (AvgIpc) is 3.04. The maximum Gasteiger partial charge on any atom is 0.344 e. The lowest BCUT2D eigenvalue weighted by Crippen LogP contribution is -2.14. The van der Waals surface area contributed by atoms with E-state index >= 15 is 0 Å². The first kappa shape index (κ1) is 21.3. The molecule has 0 saturated carbocycles. The van der Waals surface area contributed by atoms with E-state index in [1.54, 1.807) is 31.2 Å². The second-order valence-corrected chi connectivity index (χ2v) is 7.47. The lowest BCUT2D eigenvalue weighted by Gasteiger charge is -2.03. The minimum absolute atomic E-state index is 0.0957. The van der Waals surface area contributed by atoms with Crippen LogP contribution < -0.4 is 0 Å². The number of carbonyl (C=O) groups is 2. The number of aliphatic hydroxyl groups is 1. The Kier molecular flexibility index (Phi) is 7.03. The number of aliphatic hydroxyl groups excluding tert-OH is 1. The van der Waals surface area contributed by atoms with Gasteiger partial charge in [-0.15, -0.1) is 0 Å². The van der Waals surface area contributed by atoms with Crippen molar-refractivity contribution in [3.63, 3.8) is 0 Å². The van der Waals surface area contributed by atoms with Gasteiger partial charge < -0.3 is 9.84 Å². The predicted molar refractivity (Wildman–Crippen MR) is 120 cm³/mol. The number of allylic oxidation sites excluding steroid dienone is 2. The Morgan fingerprint density at radius 2 is 1.80 bits per heavy atom. The molecule has 0 aromatic heterocycles. The number of carbonyl (C=O) groups excluding carboxylic acids is 2. The summed E-state index contributed by atoms with van der Waals surface area (Å²) in [6, 6.07) is 16.7. The third-order valence-electron chi connectivity index (χ3n) is 4.21. The van der Waals surface area contributed by atoms with Crippen molar-refractivity contribution < 1.29 is 19.4 Å². The second kappa shape index (κ2) is 9.89. The maximum absolute atomic E-state index is 12.6. The molecule has 5 nitrogen and oxygen atoms in total. The van der Waals surface area contributed by atoms with Crippen molar-refractivity contribution in [3.05, 3.63) is 99.7 Å². The Morgan fingerprint density at radius 1 is 1.10 bits per heavy atom. The number of rotatable bonds is 5. The fourth-order valence-electron chi connectivity index (χ4n) is 2.67. The zero-order valence-electron chi connectivity index (χ0n) is 16.7. The summed E-state index contributed by atoms with van der Waals surface area (Å²) in [5.41, 5.74) is 2.32. The molecule has 6 heteroatoms. The molecule has 0 spiro atoms. The number of benzene rings is 2. The molecule has 1 N–H and O–H groups in total. The largest absolute Gasteiger partial charge is 0.506 e. The molecule has 0 unspecified atom stereocenters. The predicted octanol–water partition coefficient (Wildman–Crippen LogP) is 5.25. The number of hydrogen-bond acceptors (Lipinski definition) is 5. The topological polar surface area (TPSA) is 76.0 Å². The maximum atomic E-state index is 12.6. The molecular weight excluding hydrogens is 398 g/mol. The van der Waals surface area contributed by atoms with E-state index < -0.39 is 11.9 Å². The Hall–Kier alpha value is -3.38. The molecule has 3 rings (SSSR count). The van der Waals surface area contributed by atoms with Crippen LogP contribution in [0.15, 0.2) is 88.0 Å². The number of aliphatic imine (C=N–C) groups is 1. The zero-order valence-corrected chi connectivity index (χ0v) is 17.5. The fourth-order valence-corrected chi connectivity index (χ4v) is 3.63. The Morgan fingerprint density at radius 3 is 2.47 bits per heavy atom. The summed E-state index contributed by atoms with van der Waals surface area (Å²) in [6.45, 7) is 3.74. The van der Waals surface area contributed by atoms with Crippen molar-refractivity contribution in [1.82, 2.24) is 0 Å². The van der Waals surface area contributed by atoms with Crippen LogP contribution in [-0.4, -0.2) is 28.6 Å². The van der Waals surface area contributed by atoms with Gasteiger partial charge in [0.2, 0.25) is 0 Å². The van der Waals surface area contributed by atoms with Gasteiger partial charge in [-0.2, -0.15) is 0 Å². The van der Waals surface area contributed by atoms with E-state index in [9.17, 15) is 14.7 Å². The number of hydrogen-bond donors (Lipinski definition) is 1. The minimum atomic E-state index is -0.714. The van der Waals surface area contributed by atoms with Gasteiger partial charge in [0.15, 0.2) is 0 Å². The molecule has 2 aromatic rings. The first-order chi connectivity index (χ1) is 14.5. The first-order valence-corrected chi connectivity index (χ1v) is 10.2. The van der Waals surface area contributed by atoms with Gasteiger partial charge in [-0.1, -0.05) is 71.9 Å².